The normalized spacial score (nSPS) is 12.3. The van der Waals surface area contributed by atoms with E-state index in [1.807, 2.05) is 139 Å². The van der Waals surface area contributed by atoms with E-state index in [1.165, 1.54) is 41.0 Å². The number of phenolic OH excluding ortho intramolecular Hbond substituents is 2. The summed E-state index contributed by atoms with van der Waals surface area (Å²) in [7, 11) is 6.76. The number of hydrogen-bond acceptors (Lipinski definition) is 13. The summed E-state index contributed by atoms with van der Waals surface area (Å²) >= 11 is 1.56. The van der Waals surface area contributed by atoms with Crippen molar-refractivity contribution < 1.29 is 68.8 Å². The van der Waals surface area contributed by atoms with Crippen molar-refractivity contribution in [3.8, 4) is 158 Å². The van der Waals surface area contributed by atoms with E-state index in [9.17, 15) is 45.3 Å². The highest BCUT2D eigenvalue weighted by Crippen LogP contribution is 2.51. The number of rotatable bonds is 15. The summed E-state index contributed by atoms with van der Waals surface area (Å²) in [6, 6.07) is 66.7. The number of methoxy groups -OCH3 is 4. The molecule has 0 aliphatic carbocycles. The number of nitrogens with zero attached hydrogens (tertiary/aromatic N) is 5. The number of alkyl halides is 6. The molecule has 0 radical (unpaired) electrons. The maximum absolute atomic E-state index is 13.7. The van der Waals surface area contributed by atoms with Crippen LogP contribution in [0.3, 0.4) is 0 Å². The number of ether oxygens (including phenoxy) is 4. The number of nitrogens with one attached hydrogen (secondary N) is 2. The smallest absolute Gasteiger partial charge is 0.417 e. The van der Waals surface area contributed by atoms with Crippen LogP contribution >= 0.6 is 11.3 Å². The van der Waals surface area contributed by atoms with E-state index in [1.54, 1.807) is 76.2 Å². The van der Waals surface area contributed by atoms with Crippen LogP contribution in [0.25, 0.3) is 124 Å². The quantitative estimate of drug-likeness (QED) is 0.0713. The van der Waals surface area contributed by atoms with E-state index in [4.69, 9.17) is 38.4 Å². The Balaban J connectivity index is 0.000000162. The minimum Gasteiger partial charge on any atom is -0.507 e. The predicted octanol–water partition coefficient (Wildman–Crippen LogP) is 31.2. The molecule has 23 heteroatoms. The first-order chi connectivity index (χ1) is 62.6. The third-order valence-electron chi connectivity index (χ3n) is 23.0. The number of aromatic amines is 2. The summed E-state index contributed by atoms with van der Waals surface area (Å²) < 4.78 is 136. The zero-order valence-corrected chi connectivity index (χ0v) is 81.4. The molecule has 0 aliphatic rings. The van der Waals surface area contributed by atoms with Crippen LogP contribution in [0.5, 0.6) is 34.5 Å². The average Bonchev–Trinajstić information content (AvgIpc) is 1.67. The van der Waals surface area contributed by atoms with Crippen molar-refractivity contribution >= 4 is 11.3 Å². The summed E-state index contributed by atoms with van der Waals surface area (Å²) in [5.41, 5.74) is 14.7. The van der Waals surface area contributed by atoms with E-state index in [0.29, 0.717) is 35.3 Å². The fourth-order valence-electron chi connectivity index (χ4n) is 15.3. The predicted molar refractivity (Wildman–Crippen MR) is 524 cm³/mol. The van der Waals surface area contributed by atoms with Gasteiger partial charge in [-0.25, -0.2) is 23.7 Å². The molecule has 0 fully saturated rings. The number of aromatic nitrogens is 7. The Morgan fingerprint density at radius 1 is 0.328 bits per heavy atom. The number of aromatic hydroxyl groups is 2. The third kappa shape index (κ3) is 22.8. The second-order valence-electron chi connectivity index (χ2n) is 40.3. The number of H-pyrrole nitrogens is 2. The highest BCUT2D eigenvalue weighted by molar-refractivity contribution is 7.13. The molecule has 0 amide bonds. The van der Waals surface area contributed by atoms with Gasteiger partial charge in [-0.05, 0) is 205 Å². The van der Waals surface area contributed by atoms with Crippen molar-refractivity contribution in [1.82, 2.24) is 35.1 Å². The Bertz CT molecular complexity index is 6470. The van der Waals surface area contributed by atoms with E-state index in [0.717, 1.165) is 129 Å². The van der Waals surface area contributed by atoms with Crippen molar-refractivity contribution in [2.75, 3.05) is 28.4 Å². The number of imidazole rings is 2. The molecule has 4 heterocycles. The van der Waals surface area contributed by atoms with Crippen molar-refractivity contribution in [2.24, 2.45) is 0 Å². The van der Waals surface area contributed by atoms with Gasteiger partial charge in [0.05, 0.1) is 95.9 Å². The largest absolute Gasteiger partial charge is 0.507 e. The Kier molecular flexibility index (Phi) is 28.9. The molecule has 0 atom stereocenters. The highest BCUT2D eigenvalue weighted by Gasteiger charge is 2.44. The zero-order chi connectivity index (χ0) is 98.1. The number of halogens is 8. The number of benzene rings is 11. The minimum absolute atomic E-state index is 0.0362. The number of phenols is 2. The molecule has 0 bridgehead atoms. The van der Waals surface area contributed by atoms with Gasteiger partial charge in [-0.15, -0.1) is 11.3 Å². The molecule has 0 saturated carbocycles. The van der Waals surface area contributed by atoms with Crippen molar-refractivity contribution in [3.05, 3.63) is 292 Å². The van der Waals surface area contributed by atoms with Crippen LogP contribution in [0.1, 0.15) is 195 Å². The maximum Gasteiger partial charge on any atom is 0.417 e. The van der Waals surface area contributed by atoms with Crippen LogP contribution in [0.4, 0.5) is 35.1 Å². The molecule has 14 nitrogen and oxygen atoms in total. The lowest BCUT2D eigenvalue weighted by atomic mass is 9.78. The van der Waals surface area contributed by atoms with Crippen LogP contribution < -0.4 is 18.9 Å². The molecule has 15 aromatic rings. The van der Waals surface area contributed by atoms with Gasteiger partial charge < -0.3 is 43.7 Å². The van der Waals surface area contributed by atoms with Gasteiger partial charge in [0, 0.05) is 55.5 Å². The summed E-state index contributed by atoms with van der Waals surface area (Å²) in [6.45, 7) is 44.3. The zero-order valence-electron chi connectivity index (χ0n) is 80.5. The van der Waals surface area contributed by atoms with E-state index >= 15 is 0 Å². The van der Waals surface area contributed by atoms with Gasteiger partial charge in [0.1, 0.15) is 62.8 Å². The first-order valence-electron chi connectivity index (χ1n) is 44.0. The lowest BCUT2D eigenvalue weighted by molar-refractivity contribution is -0.142. The molecule has 4 aromatic heterocycles. The van der Waals surface area contributed by atoms with Crippen LogP contribution in [-0.4, -0.2) is 73.7 Å². The van der Waals surface area contributed by atoms with Crippen LogP contribution in [0.2, 0.25) is 0 Å². The minimum atomic E-state index is -5.10. The lowest BCUT2D eigenvalue weighted by Gasteiger charge is -2.28. The molecule has 11 aromatic carbocycles. The van der Waals surface area contributed by atoms with Crippen LogP contribution in [0, 0.1) is 11.6 Å². The molecule has 0 aliphatic heterocycles. The second-order valence-corrected chi connectivity index (χ2v) is 41.2. The lowest BCUT2D eigenvalue weighted by Crippen LogP contribution is -2.18. The Hall–Kier alpha value is -13.2. The van der Waals surface area contributed by atoms with Crippen molar-refractivity contribution in [3.63, 3.8) is 0 Å². The van der Waals surface area contributed by atoms with Gasteiger partial charge in [0.2, 0.25) is 5.82 Å². The standard InChI is InChI=1S/C32H38N2O3.C30H32F2N2O.C25H23NOS.C24H24F6N2O2/c1-31(2,3)22-18-25(29(37-9)26(19-22)32(4,5)6)30-33-27(20-10-14-23(35-7)15-11-20)28(34-30)21-12-16-24(36-8)17-13-21;1-29(2,3)20-16-23(27(35-7)24(17-20)30(4,5)6)28-33-25(18-8-12-21(31)13-9-18)26(34-28)19-10-14-22(32)15-11-19;1-25(2,3)19-14-20(17-10-6-4-7-11-17)23(27)21(15-19)24-26-22(16-28-24)18-12-8-5-9-13-18;1-21(2,3)12-10-13(18(33)16(11-12)22(4,5)6)19-31-20(34-32-19)17-14(23(25,26)27)8-7-9-15(17)24(28,29)30/h10-19H,1-9H3,(H,33,34);8-17H,1-7H3,(H,33,34);4-16,27H,1-3H3;7-11,33H,1-6H3. The summed E-state index contributed by atoms with van der Waals surface area (Å²) in [5.74, 6) is 2.77. The SMILES string of the molecule is CC(C)(C)c1cc(-c2ccccc2)c(O)c(-c2nc(-c3ccccc3)cs2)c1.CC(C)(C)c1cc(-c2noc(-c3c(C(F)(F)F)cccc3C(F)(F)F)n2)c(O)c(C(C)(C)C)c1.COc1c(-c2nc(-c3ccc(F)cc3)c(-c3ccc(F)cc3)[nH]2)cc(C(C)(C)C)cc1C(C)(C)C.COc1ccc(-c2nc(-c3cc(C(C)(C)C)cc(C(C)(C)C)c3OC)[nH]c2-c2ccc(OC)cc2)cc1. The van der Waals surface area contributed by atoms with Gasteiger partial charge in [-0.3, -0.25) is 0 Å². The molecule has 134 heavy (non-hydrogen) atoms. The van der Waals surface area contributed by atoms with Crippen LogP contribution in [0.15, 0.2) is 234 Å². The Labute approximate surface area is 784 Å². The first-order valence-corrected chi connectivity index (χ1v) is 44.9. The molecule has 15 rings (SSSR count). The van der Waals surface area contributed by atoms with Gasteiger partial charge in [0.15, 0.2) is 0 Å². The molecule has 0 spiro atoms. The number of hydrogen-bond donors (Lipinski definition) is 4. The molecule has 0 saturated heterocycles. The molecule has 0 unspecified atom stereocenters. The van der Waals surface area contributed by atoms with Crippen LogP contribution in [-0.2, 0) is 50.3 Å². The van der Waals surface area contributed by atoms with Gasteiger partial charge in [-0.1, -0.05) is 235 Å². The molecular weight excluding hydrogens is 1730 g/mol. The first kappa shape index (κ1) is 99.9. The van der Waals surface area contributed by atoms with Gasteiger partial charge in [-0.2, -0.15) is 31.3 Å². The average molecular weight is 1850 g/mol. The molecule has 700 valence electrons. The fraction of sp³-hybridized carbons (Fsp3) is 0.306. The fourth-order valence-corrected chi connectivity index (χ4v) is 16.1. The highest BCUT2D eigenvalue weighted by atomic mass is 32.1. The van der Waals surface area contributed by atoms with Crippen molar-refractivity contribution in [1.29, 1.82) is 0 Å². The summed E-state index contributed by atoms with van der Waals surface area (Å²) in [6.07, 6.45) is -10.2. The summed E-state index contributed by atoms with van der Waals surface area (Å²) in [4.78, 5) is 26.0. The van der Waals surface area contributed by atoms with Gasteiger partial charge >= 0.3 is 12.4 Å². The van der Waals surface area contributed by atoms with Gasteiger partial charge in [0.25, 0.3) is 5.89 Å². The molecule has 4 N–H and O–H groups in total. The van der Waals surface area contributed by atoms with E-state index in [2.05, 4.69) is 178 Å². The second kappa shape index (κ2) is 38.8. The molecular formula is C111H117F8N7O7S. The topological polar surface area (TPSA) is 187 Å². The van der Waals surface area contributed by atoms with E-state index < -0.39 is 40.3 Å². The maximum atomic E-state index is 13.7. The third-order valence-corrected chi connectivity index (χ3v) is 23.9. The van der Waals surface area contributed by atoms with Crippen molar-refractivity contribution in [2.45, 2.75) is 196 Å². The Morgan fingerprint density at radius 3 is 1.07 bits per heavy atom. The van der Waals surface area contributed by atoms with E-state index in [-0.39, 0.29) is 67.0 Å². The summed E-state index contributed by atoms with van der Waals surface area (Å²) in [5, 5.41) is 28.6. The monoisotopic (exact) mass is 1840 g/mol. The Morgan fingerprint density at radius 2 is 0.687 bits per heavy atom. The number of thiazole rings is 1.